The minimum atomic E-state index is -0.868. The van der Waals surface area contributed by atoms with Crippen molar-refractivity contribution in [3.8, 4) is 16.8 Å². The molecule has 0 radical (unpaired) electrons. The van der Waals surface area contributed by atoms with Crippen LogP contribution in [0.4, 0.5) is 5.69 Å². The number of aromatic nitrogens is 5. The van der Waals surface area contributed by atoms with Crippen LogP contribution in [0.1, 0.15) is 42.7 Å². The lowest BCUT2D eigenvalue weighted by Gasteiger charge is -2.21. The Hall–Kier alpha value is -5.09. The second-order valence-corrected chi connectivity index (χ2v) is 11.3. The van der Waals surface area contributed by atoms with Crippen LogP contribution in [-0.4, -0.2) is 42.3 Å². The summed E-state index contributed by atoms with van der Waals surface area (Å²) >= 11 is 6.29. The number of benzene rings is 3. The molecule has 43 heavy (non-hydrogen) atoms. The Kier molecular flexibility index (Phi) is 8.49. The largest absolute Gasteiger partial charge is 0.456 e. The Labute approximate surface area is 252 Å². The third kappa shape index (κ3) is 7.22. The zero-order valence-electron chi connectivity index (χ0n) is 23.8. The van der Waals surface area contributed by atoms with Crippen molar-refractivity contribution >= 4 is 29.2 Å². The van der Waals surface area contributed by atoms with E-state index >= 15 is 0 Å². The SMILES string of the molecule is CC(C)(C)OC(=O)c1ccc(NC(=O)[C@H](Cc2ccccc2)n2ccc(-c3cc(Cl)ccc3-n3cnnn3)cc2=O)cc1. The second-order valence-electron chi connectivity index (χ2n) is 10.9. The number of anilines is 1. The molecule has 5 aromatic rings. The van der Waals surface area contributed by atoms with Gasteiger partial charge in [-0.05, 0) is 90.9 Å². The van der Waals surface area contributed by atoms with Crippen molar-refractivity contribution in [1.29, 1.82) is 0 Å². The molecule has 3 aromatic carbocycles. The first-order chi connectivity index (χ1) is 20.6. The van der Waals surface area contributed by atoms with E-state index in [1.807, 2.05) is 30.3 Å². The van der Waals surface area contributed by atoms with Crippen LogP contribution in [0.2, 0.25) is 5.02 Å². The average molecular weight is 597 g/mol. The maximum absolute atomic E-state index is 13.7. The van der Waals surface area contributed by atoms with Gasteiger partial charge in [-0.15, -0.1) is 5.10 Å². The minimum Gasteiger partial charge on any atom is -0.456 e. The average Bonchev–Trinajstić information content (AvgIpc) is 3.51. The summed E-state index contributed by atoms with van der Waals surface area (Å²) in [5.74, 6) is -0.845. The monoisotopic (exact) mass is 596 g/mol. The van der Waals surface area contributed by atoms with Gasteiger partial charge in [-0.25, -0.2) is 4.79 Å². The fourth-order valence-corrected chi connectivity index (χ4v) is 4.70. The number of ether oxygens (including phenoxy) is 1. The quantitative estimate of drug-likeness (QED) is 0.234. The summed E-state index contributed by atoms with van der Waals surface area (Å²) in [5.41, 5.74) is 2.60. The van der Waals surface area contributed by atoms with Crippen molar-refractivity contribution in [3.05, 3.63) is 124 Å². The lowest BCUT2D eigenvalue weighted by molar-refractivity contribution is -0.119. The predicted molar refractivity (Wildman–Crippen MR) is 163 cm³/mol. The van der Waals surface area contributed by atoms with E-state index < -0.39 is 17.6 Å². The molecule has 0 fully saturated rings. The first-order valence-corrected chi connectivity index (χ1v) is 13.9. The van der Waals surface area contributed by atoms with Gasteiger partial charge in [-0.2, -0.15) is 4.68 Å². The van der Waals surface area contributed by atoms with Crippen LogP contribution in [0.25, 0.3) is 16.8 Å². The Balaban J connectivity index is 1.45. The lowest BCUT2D eigenvalue weighted by Crippen LogP contribution is -2.34. The number of pyridine rings is 1. The third-order valence-electron chi connectivity index (χ3n) is 6.51. The van der Waals surface area contributed by atoms with Crippen molar-refractivity contribution in [2.24, 2.45) is 0 Å². The summed E-state index contributed by atoms with van der Waals surface area (Å²) in [5, 5.41) is 14.7. The summed E-state index contributed by atoms with van der Waals surface area (Å²) in [4.78, 5) is 39.6. The van der Waals surface area contributed by atoms with Crippen molar-refractivity contribution in [2.45, 2.75) is 38.8 Å². The van der Waals surface area contributed by atoms with Gasteiger partial charge in [0, 0.05) is 35.0 Å². The molecule has 0 aliphatic rings. The number of amides is 1. The van der Waals surface area contributed by atoms with Crippen LogP contribution in [0.5, 0.6) is 0 Å². The van der Waals surface area contributed by atoms with Gasteiger partial charge in [0.05, 0.1) is 11.3 Å². The molecule has 10 nitrogen and oxygen atoms in total. The Morgan fingerprint density at radius 3 is 2.37 bits per heavy atom. The second kappa shape index (κ2) is 12.4. The van der Waals surface area contributed by atoms with Crippen LogP contribution in [0.3, 0.4) is 0 Å². The highest BCUT2D eigenvalue weighted by atomic mass is 35.5. The molecule has 1 atom stereocenters. The Bertz CT molecular complexity index is 1800. The van der Waals surface area contributed by atoms with Gasteiger partial charge in [0.15, 0.2) is 0 Å². The van der Waals surface area contributed by atoms with E-state index in [4.69, 9.17) is 16.3 Å². The van der Waals surface area contributed by atoms with Crippen LogP contribution in [-0.2, 0) is 16.0 Å². The molecule has 2 aromatic heterocycles. The zero-order chi connectivity index (χ0) is 30.6. The van der Waals surface area contributed by atoms with E-state index in [1.165, 1.54) is 21.6 Å². The van der Waals surface area contributed by atoms with Crippen molar-refractivity contribution in [1.82, 2.24) is 24.8 Å². The van der Waals surface area contributed by atoms with Crippen LogP contribution in [0.15, 0.2) is 102 Å². The molecule has 218 valence electrons. The number of hydrogen-bond acceptors (Lipinski definition) is 7. The summed E-state index contributed by atoms with van der Waals surface area (Å²) in [7, 11) is 0. The fourth-order valence-electron chi connectivity index (χ4n) is 4.53. The highest BCUT2D eigenvalue weighted by Gasteiger charge is 2.24. The standard InChI is InChI=1S/C32H29ClN6O4/c1-32(2,3)43-31(42)22-9-12-25(13-10-22)35-30(41)28(17-21-7-5-4-6-8-21)38-16-15-23(18-29(38)40)26-19-24(33)11-14-27(26)39-20-34-36-37-39/h4-16,18-20,28H,17H2,1-3H3,(H,35,41)/t28-/m0/s1. The first kappa shape index (κ1) is 29.4. The normalized spacial score (nSPS) is 12.0. The van der Waals surface area contributed by atoms with Crippen molar-refractivity contribution in [3.63, 3.8) is 0 Å². The molecule has 0 aliphatic carbocycles. The van der Waals surface area contributed by atoms with E-state index in [0.717, 1.165) is 5.56 Å². The molecule has 0 unspecified atom stereocenters. The molecule has 2 heterocycles. The van der Waals surface area contributed by atoms with E-state index in [9.17, 15) is 14.4 Å². The van der Waals surface area contributed by atoms with E-state index in [2.05, 4.69) is 20.8 Å². The molecule has 11 heteroatoms. The number of nitrogens with zero attached hydrogens (tertiary/aromatic N) is 5. The Morgan fingerprint density at radius 1 is 0.977 bits per heavy atom. The molecule has 0 bridgehead atoms. The number of tetrazole rings is 1. The van der Waals surface area contributed by atoms with Gasteiger partial charge < -0.3 is 14.6 Å². The van der Waals surface area contributed by atoms with Gasteiger partial charge in [-0.3, -0.25) is 9.59 Å². The van der Waals surface area contributed by atoms with Gasteiger partial charge in [0.2, 0.25) is 5.91 Å². The predicted octanol–water partition coefficient (Wildman–Crippen LogP) is 5.52. The minimum absolute atomic E-state index is 0.273. The zero-order valence-corrected chi connectivity index (χ0v) is 24.5. The Morgan fingerprint density at radius 2 is 1.72 bits per heavy atom. The lowest BCUT2D eigenvalue weighted by atomic mass is 10.0. The number of carbonyl (C=O) groups is 2. The summed E-state index contributed by atoms with van der Waals surface area (Å²) in [6, 6.07) is 23.4. The molecule has 0 spiro atoms. The van der Waals surface area contributed by atoms with Gasteiger partial charge in [-0.1, -0.05) is 41.9 Å². The summed E-state index contributed by atoms with van der Waals surface area (Å²) in [6.45, 7) is 5.38. The number of nitrogens with one attached hydrogen (secondary N) is 1. The number of halogens is 1. The summed E-state index contributed by atoms with van der Waals surface area (Å²) < 4.78 is 8.30. The smallest absolute Gasteiger partial charge is 0.338 e. The highest BCUT2D eigenvalue weighted by Crippen LogP contribution is 2.29. The number of esters is 1. The van der Waals surface area contributed by atoms with E-state index in [-0.39, 0.29) is 17.9 Å². The third-order valence-corrected chi connectivity index (χ3v) is 6.75. The molecule has 1 N–H and O–H groups in total. The number of rotatable bonds is 8. The molecular weight excluding hydrogens is 568 g/mol. The van der Waals surface area contributed by atoms with Gasteiger partial charge in [0.25, 0.3) is 5.56 Å². The number of carbonyl (C=O) groups excluding carboxylic acids is 2. The van der Waals surface area contributed by atoms with Crippen molar-refractivity contribution < 1.29 is 14.3 Å². The topological polar surface area (TPSA) is 121 Å². The molecule has 1 amide bonds. The molecule has 5 rings (SSSR count). The van der Waals surface area contributed by atoms with Gasteiger partial charge in [0.1, 0.15) is 18.0 Å². The van der Waals surface area contributed by atoms with Gasteiger partial charge >= 0.3 is 5.97 Å². The van der Waals surface area contributed by atoms with Crippen molar-refractivity contribution in [2.75, 3.05) is 5.32 Å². The van der Waals surface area contributed by atoms with Crippen LogP contribution < -0.4 is 10.9 Å². The highest BCUT2D eigenvalue weighted by molar-refractivity contribution is 6.31. The fraction of sp³-hybridized carbons (Fsp3) is 0.188. The van der Waals surface area contributed by atoms with Crippen LogP contribution >= 0.6 is 11.6 Å². The van der Waals surface area contributed by atoms with Crippen LogP contribution in [0, 0.1) is 0 Å². The molecular formula is C32H29ClN6O4. The number of hydrogen-bond donors (Lipinski definition) is 1. The molecule has 0 aliphatic heterocycles. The summed E-state index contributed by atoms with van der Waals surface area (Å²) in [6.07, 6.45) is 3.32. The first-order valence-electron chi connectivity index (χ1n) is 13.5. The maximum atomic E-state index is 13.7. The maximum Gasteiger partial charge on any atom is 0.338 e. The molecule has 0 saturated carbocycles. The molecule has 0 saturated heterocycles. The van der Waals surface area contributed by atoms with E-state index in [0.29, 0.717) is 33.1 Å². The van der Waals surface area contributed by atoms with E-state index in [1.54, 1.807) is 75.5 Å².